The molecule has 0 aliphatic heterocycles. The Kier molecular flexibility index (Phi) is 9.18. The summed E-state index contributed by atoms with van der Waals surface area (Å²) < 4.78 is 0. The largest absolute Gasteiger partial charge is 0.477 e. The molecule has 4 heteroatoms. The summed E-state index contributed by atoms with van der Waals surface area (Å²) in [4.78, 5) is 19.0. The highest BCUT2D eigenvalue weighted by molar-refractivity contribution is 5.94. The zero-order chi connectivity index (χ0) is 8.57. The second-order valence-electron chi connectivity index (χ2n) is 1.35. The molecule has 0 aromatic heterocycles. The van der Waals surface area contributed by atoms with Crippen LogP contribution in [0.4, 0.5) is 0 Å². The maximum absolute atomic E-state index is 9.63. The van der Waals surface area contributed by atoms with Gasteiger partial charge in [-0.1, -0.05) is 0 Å². The Morgan fingerprint density at radius 1 is 1.60 bits per heavy atom. The minimum Gasteiger partial charge on any atom is -0.477 e. The van der Waals surface area contributed by atoms with E-state index in [4.69, 9.17) is 10.2 Å². The summed E-state index contributed by atoms with van der Waals surface area (Å²) >= 11 is 0. The summed E-state index contributed by atoms with van der Waals surface area (Å²) in [5, 5.41) is 15.5. The molecule has 0 bridgehead atoms. The molecular weight excluding hydrogens is 136 g/mol. The van der Waals surface area contributed by atoms with E-state index in [0.717, 1.165) is 0 Å². The lowest BCUT2D eigenvalue weighted by molar-refractivity contribution is -0.132. The van der Waals surface area contributed by atoms with Crippen molar-refractivity contribution in [3.05, 3.63) is 5.57 Å². The first-order valence-corrected chi connectivity index (χ1v) is 2.66. The number of hydrogen-bond donors (Lipinski definition) is 2. The number of carbonyl (C=O) groups excluding carboxylic acids is 1. The number of carboxylic acids is 1. The molecule has 0 saturated carbocycles. The lowest BCUT2D eigenvalue weighted by atomic mass is 10.4. The summed E-state index contributed by atoms with van der Waals surface area (Å²) in [5.41, 5.74) is -0.292. The van der Waals surface area contributed by atoms with Gasteiger partial charge in [-0.2, -0.15) is 0 Å². The van der Waals surface area contributed by atoms with Crippen molar-refractivity contribution in [2.45, 2.75) is 13.8 Å². The first-order chi connectivity index (χ1) is 4.59. The number of aliphatic hydroxyl groups is 1. The van der Waals surface area contributed by atoms with Crippen molar-refractivity contribution in [1.82, 2.24) is 0 Å². The van der Waals surface area contributed by atoms with Gasteiger partial charge in [-0.15, -0.1) is 0 Å². The van der Waals surface area contributed by atoms with Crippen LogP contribution in [0.15, 0.2) is 5.57 Å². The molecule has 0 fully saturated rings. The molecule has 0 radical (unpaired) electrons. The Morgan fingerprint density at radius 3 is 1.90 bits per heavy atom. The molecule has 0 aliphatic rings. The smallest absolute Gasteiger partial charge is 0.342 e. The van der Waals surface area contributed by atoms with E-state index < -0.39 is 5.97 Å². The molecule has 0 saturated heterocycles. The highest BCUT2D eigenvalue weighted by atomic mass is 16.4. The Morgan fingerprint density at radius 2 is 1.90 bits per heavy atom. The maximum atomic E-state index is 9.63. The quantitative estimate of drug-likeness (QED) is 0.398. The second kappa shape index (κ2) is 7.88. The number of aliphatic hydroxyl groups excluding tert-OH is 1. The van der Waals surface area contributed by atoms with Crippen molar-refractivity contribution in [1.29, 1.82) is 0 Å². The normalized spacial score (nSPS) is 6.70. The first kappa shape index (κ1) is 11.6. The van der Waals surface area contributed by atoms with E-state index in [-0.39, 0.29) is 12.2 Å². The van der Waals surface area contributed by atoms with Gasteiger partial charge in [0.1, 0.15) is 11.5 Å². The Bertz CT molecular complexity index is 144. The van der Waals surface area contributed by atoms with E-state index in [1.807, 2.05) is 0 Å². The predicted octanol–water partition coefficient (Wildman–Crippen LogP) is -0.152. The zero-order valence-electron chi connectivity index (χ0n) is 5.92. The molecule has 0 aromatic carbocycles. The van der Waals surface area contributed by atoms with Crippen LogP contribution in [0.3, 0.4) is 0 Å². The van der Waals surface area contributed by atoms with E-state index in [9.17, 15) is 9.59 Å². The van der Waals surface area contributed by atoms with Crippen LogP contribution in [-0.2, 0) is 9.59 Å². The van der Waals surface area contributed by atoms with Gasteiger partial charge < -0.3 is 10.2 Å². The molecule has 0 rings (SSSR count). The van der Waals surface area contributed by atoms with Crippen molar-refractivity contribution < 1.29 is 19.8 Å². The average Bonchev–Trinajstić information content (AvgIpc) is 1.88. The highest BCUT2D eigenvalue weighted by Gasteiger charge is 1.96. The van der Waals surface area contributed by atoms with Crippen LogP contribution >= 0.6 is 0 Å². The maximum Gasteiger partial charge on any atom is 0.342 e. The summed E-state index contributed by atoms with van der Waals surface area (Å²) in [7, 11) is 0. The fourth-order valence-corrected chi connectivity index (χ4v) is 0.0437. The fraction of sp³-hybridized carbons (Fsp3) is 0.500. The van der Waals surface area contributed by atoms with Gasteiger partial charge in [0.15, 0.2) is 0 Å². The van der Waals surface area contributed by atoms with Gasteiger partial charge in [-0.05, 0) is 13.8 Å². The first-order valence-electron chi connectivity index (χ1n) is 2.66. The monoisotopic (exact) mass is 146 g/mol. The Labute approximate surface area is 58.8 Å². The molecule has 0 unspecified atom stereocenters. The van der Waals surface area contributed by atoms with Crippen LogP contribution in [0.1, 0.15) is 13.8 Å². The van der Waals surface area contributed by atoms with E-state index in [0.29, 0.717) is 0 Å². The predicted molar refractivity (Wildman–Crippen MR) is 35.3 cm³/mol. The Hall–Kier alpha value is -1.12. The van der Waals surface area contributed by atoms with E-state index in [1.165, 1.54) is 12.9 Å². The number of carboxylic acid groups (broad SMARTS) is 1. The molecule has 0 aliphatic carbocycles. The zero-order valence-corrected chi connectivity index (χ0v) is 5.92. The molecule has 0 spiro atoms. The average molecular weight is 146 g/mol. The minimum atomic E-state index is -1.21. The van der Waals surface area contributed by atoms with Crippen LogP contribution in [0.25, 0.3) is 0 Å². The van der Waals surface area contributed by atoms with Gasteiger partial charge in [-0.3, -0.25) is 0 Å². The van der Waals surface area contributed by atoms with Crippen molar-refractivity contribution in [2.24, 2.45) is 0 Å². The van der Waals surface area contributed by atoms with Gasteiger partial charge in [0, 0.05) is 6.61 Å². The topological polar surface area (TPSA) is 74.6 Å². The standard InChI is InChI=1S/C4H4O3.C2H6O/c1-3(2-5)4(6)7;1-2-3/h1H3,(H,6,7);3H,2H2,1H3. The summed E-state index contributed by atoms with van der Waals surface area (Å²) in [5.74, 6) is 0.0185. The third-order valence-corrected chi connectivity index (χ3v) is 0.474. The minimum absolute atomic E-state index is 0.250. The second-order valence-corrected chi connectivity index (χ2v) is 1.35. The van der Waals surface area contributed by atoms with Crippen LogP contribution in [0.5, 0.6) is 0 Å². The van der Waals surface area contributed by atoms with Gasteiger partial charge in [0.05, 0.1) is 0 Å². The molecular formula is C6H10O4. The van der Waals surface area contributed by atoms with E-state index >= 15 is 0 Å². The number of hydrogen-bond acceptors (Lipinski definition) is 3. The summed E-state index contributed by atoms with van der Waals surface area (Å²) in [6.07, 6.45) is 0. The summed E-state index contributed by atoms with van der Waals surface area (Å²) in [6.45, 7) is 3.12. The van der Waals surface area contributed by atoms with Gasteiger partial charge in [0.2, 0.25) is 0 Å². The lowest BCUT2D eigenvalue weighted by Crippen LogP contribution is -1.95. The number of aliphatic carboxylic acids is 1. The molecule has 10 heavy (non-hydrogen) atoms. The van der Waals surface area contributed by atoms with E-state index in [1.54, 1.807) is 6.92 Å². The van der Waals surface area contributed by atoms with Crippen LogP contribution < -0.4 is 0 Å². The highest BCUT2D eigenvalue weighted by Crippen LogP contribution is 1.79. The van der Waals surface area contributed by atoms with Crippen molar-refractivity contribution >= 4 is 11.9 Å². The molecule has 0 atom stereocenters. The third-order valence-electron chi connectivity index (χ3n) is 0.474. The van der Waals surface area contributed by atoms with Crippen LogP contribution in [-0.4, -0.2) is 28.7 Å². The van der Waals surface area contributed by atoms with Gasteiger partial charge >= 0.3 is 5.97 Å². The van der Waals surface area contributed by atoms with E-state index in [2.05, 4.69) is 0 Å². The van der Waals surface area contributed by atoms with Crippen molar-refractivity contribution in [3.63, 3.8) is 0 Å². The van der Waals surface area contributed by atoms with Gasteiger partial charge in [-0.25, -0.2) is 9.59 Å². The molecule has 58 valence electrons. The van der Waals surface area contributed by atoms with Crippen LogP contribution in [0.2, 0.25) is 0 Å². The SMILES string of the molecule is CC(=C=O)C(=O)O.CCO. The van der Waals surface area contributed by atoms with Gasteiger partial charge in [0.25, 0.3) is 0 Å². The molecule has 4 nitrogen and oxygen atoms in total. The number of carbonyl (C=O) groups is 1. The van der Waals surface area contributed by atoms with Crippen molar-refractivity contribution in [2.75, 3.05) is 6.61 Å². The molecule has 0 aromatic rings. The Balaban J connectivity index is 0. The fourth-order valence-electron chi connectivity index (χ4n) is 0.0437. The summed E-state index contributed by atoms with van der Waals surface area (Å²) in [6, 6.07) is 0. The lowest BCUT2D eigenvalue weighted by Gasteiger charge is -1.77. The third kappa shape index (κ3) is 9.99. The number of rotatable bonds is 1. The molecule has 0 heterocycles. The van der Waals surface area contributed by atoms with Crippen molar-refractivity contribution in [3.8, 4) is 0 Å². The molecule has 0 amide bonds. The van der Waals surface area contributed by atoms with Crippen LogP contribution in [0, 0.1) is 0 Å². The molecule has 2 N–H and O–H groups in total.